The van der Waals surface area contributed by atoms with E-state index in [0.29, 0.717) is 6.04 Å². The van der Waals surface area contributed by atoms with E-state index in [2.05, 4.69) is 18.5 Å². The third kappa shape index (κ3) is 4.26. The topological polar surface area (TPSA) is 55.2 Å². The van der Waals surface area contributed by atoms with Crippen molar-refractivity contribution in [1.29, 1.82) is 0 Å². The summed E-state index contributed by atoms with van der Waals surface area (Å²) in [5.41, 5.74) is 1.88. The van der Waals surface area contributed by atoms with Crippen LogP contribution < -0.4 is 5.32 Å². The van der Waals surface area contributed by atoms with Crippen LogP contribution in [0.5, 0.6) is 0 Å². The van der Waals surface area contributed by atoms with Gasteiger partial charge in [0.05, 0.1) is 4.92 Å². The quantitative estimate of drug-likeness (QED) is 0.624. The molecule has 94 valence electrons. The smallest absolute Gasteiger partial charge is 0.271 e. The normalized spacial score (nSPS) is 12.2. The summed E-state index contributed by atoms with van der Waals surface area (Å²) in [6.07, 6.45) is 3.06. The number of hydrogen-bond acceptors (Lipinski definition) is 4. The fraction of sp³-hybridized carbons (Fsp3) is 0.500. The SMILES string of the molecule is CCC(CSC)Nc1cc(C)cc([N+](=O)[O-])c1. The van der Waals surface area contributed by atoms with Crippen molar-refractivity contribution in [3.05, 3.63) is 33.9 Å². The zero-order valence-electron chi connectivity index (χ0n) is 10.4. The minimum Gasteiger partial charge on any atom is -0.381 e. The molecule has 0 aliphatic heterocycles. The van der Waals surface area contributed by atoms with Crippen molar-refractivity contribution in [1.82, 2.24) is 0 Å². The maximum absolute atomic E-state index is 10.8. The molecule has 0 heterocycles. The molecule has 5 heteroatoms. The van der Waals surface area contributed by atoms with Crippen LogP contribution >= 0.6 is 11.8 Å². The van der Waals surface area contributed by atoms with Crippen molar-refractivity contribution in [3.8, 4) is 0 Å². The third-order valence-corrected chi connectivity index (χ3v) is 3.24. The number of nitrogens with one attached hydrogen (secondary N) is 1. The van der Waals surface area contributed by atoms with Crippen LogP contribution in [0.15, 0.2) is 18.2 Å². The largest absolute Gasteiger partial charge is 0.381 e. The Labute approximate surface area is 106 Å². The van der Waals surface area contributed by atoms with E-state index < -0.39 is 0 Å². The summed E-state index contributed by atoms with van der Waals surface area (Å²) in [6, 6.07) is 5.47. The molecule has 1 N–H and O–H groups in total. The molecule has 17 heavy (non-hydrogen) atoms. The monoisotopic (exact) mass is 254 g/mol. The second kappa shape index (κ2) is 6.49. The highest BCUT2D eigenvalue weighted by molar-refractivity contribution is 7.98. The molecule has 0 saturated carbocycles. The van der Waals surface area contributed by atoms with Crippen molar-refractivity contribution in [2.75, 3.05) is 17.3 Å². The minimum absolute atomic E-state index is 0.145. The second-order valence-electron chi connectivity index (χ2n) is 4.02. The number of nitro groups is 1. The van der Waals surface area contributed by atoms with Gasteiger partial charge in [-0.2, -0.15) is 11.8 Å². The lowest BCUT2D eigenvalue weighted by atomic mass is 10.1. The maximum Gasteiger partial charge on any atom is 0.271 e. The average molecular weight is 254 g/mol. The van der Waals surface area contributed by atoms with Crippen molar-refractivity contribution in [3.63, 3.8) is 0 Å². The molecular formula is C12H18N2O2S. The first-order valence-electron chi connectivity index (χ1n) is 5.58. The van der Waals surface area contributed by atoms with Crippen LogP contribution in [0.3, 0.4) is 0 Å². The zero-order valence-corrected chi connectivity index (χ0v) is 11.2. The molecule has 0 aromatic heterocycles. The summed E-state index contributed by atoms with van der Waals surface area (Å²) < 4.78 is 0. The zero-order chi connectivity index (χ0) is 12.8. The van der Waals surface area contributed by atoms with Gasteiger partial charge in [-0.1, -0.05) is 6.92 Å². The number of benzene rings is 1. The molecular weight excluding hydrogens is 236 g/mol. The fourth-order valence-electron chi connectivity index (χ4n) is 1.65. The van der Waals surface area contributed by atoms with E-state index in [1.54, 1.807) is 23.9 Å². The van der Waals surface area contributed by atoms with E-state index in [1.807, 2.05) is 13.0 Å². The van der Waals surface area contributed by atoms with Crippen molar-refractivity contribution in [2.45, 2.75) is 26.3 Å². The molecule has 0 fully saturated rings. The average Bonchev–Trinajstić information content (AvgIpc) is 2.27. The van der Waals surface area contributed by atoms with Gasteiger partial charge in [0, 0.05) is 29.6 Å². The van der Waals surface area contributed by atoms with E-state index >= 15 is 0 Å². The van der Waals surface area contributed by atoms with E-state index in [4.69, 9.17) is 0 Å². The van der Waals surface area contributed by atoms with Crippen LogP contribution in [-0.2, 0) is 0 Å². The highest BCUT2D eigenvalue weighted by Crippen LogP contribution is 2.22. The van der Waals surface area contributed by atoms with E-state index in [0.717, 1.165) is 23.4 Å². The summed E-state index contributed by atoms with van der Waals surface area (Å²) in [7, 11) is 0. The summed E-state index contributed by atoms with van der Waals surface area (Å²) >= 11 is 1.77. The standard InChI is InChI=1S/C12H18N2O2S/c1-4-10(8-17-3)13-11-5-9(2)6-12(7-11)14(15)16/h5-7,10,13H,4,8H2,1-3H3. The lowest BCUT2D eigenvalue weighted by molar-refractivity contribution is -0.384. The Morgan fingerprint density at radius 1 is 1.47 bits per heavy atom. The first-order valence-corrected chi connectivity index (χ1v) is 6.97. The van der Waals surface area contributed by atoms with Gasteiger partial charge in [0.2, 0.25) is 0 Å². The van der Waals surface area contributed by atoms with Gasteiger partial charge in [0.25, 0.3) is 5.69 Å². The Bertz CT molecular complexity index is 396. The Hall–Kier alpha value is -1.23. The van der Waals surface area contributed by atoms with Crippen LogP contribution in [0.4, 0.5) is 11.4 Å². The molecule has 0 amide bonds. The summed E-state index contributed by atoms with van der Waals surface area (Å²) in [4.78, 5) is 10.4. The van der Waals surface area contributed by atoms with Gasteiger partial charge in [0.1, 0.15) is 0 Å². The Morgan fingerprint density at radius 3 is 2.71 bits per heavy atom. The number of non-ortho nitro benzene ring substituents is 1. The number of aryl methyl sites for hydroxylation is 1. The van der Waals surface area contributed by atoms with Gasteiger partial charge in [-0.15, -0.1) is 0 Å². The van der Waals surface area contributed by atoms with E-state index in [1.165, 1.54) is 0 Å². The number of rotatable bonds is 6. The first-order chi connectivity index (χ1) is 8.06. The number of nitro benzene ring substituents is 1. The van der Waals surface area contributed by atoms with Crippen LogP contribution in [0, 0.1) is 17.0 Å². The van der Waals surface area contributed by atoms with Crippen LogP contribution in [0.25, 0.3) is 0 Å². The Balaban J connectivity index is 2.86. The number of nitrogens with zero attached hydrogens (tertiary/aromatic N) is 1. The molecule has 0 aliphatic carbocycles. The summed E-state index contributed by atoms with van der Waals surface area (Å²) in [5, 5.41) is 14.1. The van der Waals surface area contributed by atoms with Gasteiger partial charge in [-0.25, -0.2) is 0 Å². The third-order valence-electron chi connectivity index (χ3n) is 2.50. The molecule has 0 bridgehead atoms. The lowest BCUT2D eigenvalue weighted by Gasteiger charge is -2.17. The van der Waals surface area contributed by atoms with Gasteiger partial charge < -0.3 is 5.32 Å². The lowest BCUT2D eigenvalue weighted by Crippen LogP contribution is -2.21. The van der Waals surface area contributed by atoms with Crippen molar-refractivity contribution < 1.29 is 4.92 Å². The highest BCUT2D eigenvalue weighted by atomic mass is 32.2. The van der Waals surface area contributed by atoms with Gasteiger partial charge in [0.15, 0.2) is 0 Å². The highest BCUT2D eigenvalue weighted by Gasteiger charge is 2.10. The molecule has 0 saturated heterocycles. The molecule has 1 unspecified atom stereocenters. The molecule has 1 atom stereocenters. The molecule has 0 radical (unpaired) electrons. The van der Waals surface area contributed by atoms with Gasteiger partial charge in [-0.3, -0.25) is 10.1 Å². The van der Waals surface area contributed by atoms with Crippen molar-refractivity contribution >= 4 is 23.1 Å². The first kappa shape index (κ1) is 13.8. The molecule has 1 aromatic rings. The number of thioether (sulfide) groups is 1. The van der Waals surface area contributed by atoms with E-state index in [9.17, 15) is 10.1 Å². The minimum atomic E-state index is -0.353. The predicted octanol–water partition coefficient (Wildman–Crippen LogP) is 3.46. The second-order valence-corrected chi connectivity index (χ2v) is 4.93. The van der Waals surface area contributed by atoms with Crippen LogP contribution in [0.2, 0.25) is 0 Å². The van der Waals surface area contributed by atoms with Crippen LogP contribution in [0.1, 0.15) is 18.9 Å². The number of hydrogen-bond donors (Lipinski definition) is 1. The fourth-order valence-corrected chi connectivity index (χ4v) is 2.37. The van der Waals surface area contributed by atoms with Crippen molar-refractivity contribution in [2.24, 2.45) is 0 Å². The predicted molar refractivity (Wildman–Crippen MR) is 73.9 cm³/mol. The molecule has 4 nitrogen and oxygen atoms in total. The molecule has 0 spiro atoms. The van der Waals surface area contributed by atoms with Gasteiger partial charge >= 0.3 is 0 Å². The summed E-state index contributed by atoms with van der Waals surface area (Å²) in [6.45, 7) is 3.98. The van der Waals surface area contributed by atoms with Gasteiger partial charge in [-0.05, 0) is 31.2 Å². The molecule has 1 aromatic carbocycles. The Morgan fingerprint density at radius 2 is 2.18 bits per heavy atom. The Kier molecular flexibility index (Phi) is 5.28. The molecule has 1 rings (SSSR count). The number of anilines is 1. The summed E-state index contributed by atoms with van der Waals surface area (Å²) in [5.74, 6) is 0.998. The maximum atomic E-state index is 10.8. The van der Waals surface area contributed by atoms with E-state index in [-0.39, 0.29) is 10.6 Å². The van der Waals surface area contributed by atoms with Crippen LogP contribution in [-0.4, -0.2) is 23.0 Å². The molecule has 0 aliphatic rings.